The largest absolute Gasteiger partial charge is 0.371 e. The number of nitrogens with zero attached hydrogens (tertiary/aromatic N) is 2. The van der Waals surface area contributed by atoms with E-state index in [4.69, 9.17) is 11.6 Å². The maximum atomic E-state index is 14.2. The van der Waals surface area contributed by atoms with Gasteiger partial charge in [0.05, 0.1) is 10.6 Å². The zero-order valence-electron chi connectivity index (χ0n) is 19.9. The molecule has 2 aliphatic rings. The van der Waals surface area contributed by atoms with Gasteiger partial charge < -0.3 is 15.1 Å². The first-order chi connectivity index (χ1) is 16.3. The minimum Gasteiger partial charge on any atom is -0.371 e. The van der Waals surface area contributed by atoms with E-state index < -0.39 is 5.82 Å². The van der Waals surface area contributed by atoms with E-state index in [0.717, 1.165) is 25.9 Å². The molecule has 0 saturated carbocycles. The smallest absolute Gasteiger partial charge is 0.258 e. The molecule has 2 aliphatic heterocycles. The fourth-order valence-corrected chi connectivity index (χ4v) is 5.35. The Balaban J connectivity index is 1.29. The molecule has 2 heterocycles. The number of fused-ring (bicyclic) bond motifs is 1. The number of rotatable bonds is 8. The van der Waals surface area contributed by atoms with E-state index in [9.17, 15) is 14.0 Å². The Labute approximate surface area is 206 Å². The van der Waals surface area contributed by atoms with Crippen molar-refractivity contribution in [3.05, 3.63) is 64.4 Å². The summed E-state index contributed by atoms with van der Waals surface area (Å²) in [5, 5.41) is 3.17. The molecule has 2 atom stereocenters. The molecule has 0 aromatic heterocycles. The molecule has 2 aromatic rings. The zero-order valence-corrected chi connectivity index (χ0v) is 20.7. The number of hydrogen-bond donors (Lipinski definition) is 1. The molecule has 182 valence electrons. The highest BCUT2D eigenvalue weighted by Gasteiger charge is 2.42. The quantitative estimate of drug-likeness (QED) is 0.547. The van der Waals surface area contributed by atoms with Crippen LogP contribution in [0.15, 0.2) is 42.5 Å². The molecule has 4 rings (SSSR count). The van der Waals surface area contributed by atoms with Gasteiger partial charge in [-0.15, -0.1) is 0 Å². The first-order valence-electron chi connectivity index (χ1n) is 12.2. The standard InChI is InChI=1S/C27H33ClFN3O2/c1-18(2)12-25(33)30-11-5-7-19-6-3-8-22(13-19)31-14-20-16-32(17-21(20)15-31)27(34)26-23(28)9-4-10-24(26)29/h3-4,6,8-10,13,18,20-21H,5,7,11-12,14-17H2,1-2H3,(H,30,33). The van der Waals surface area contributed by atoms with Crippen LogP contribution in [-0.2, 0) is 11.2 Å². The summed E-state index contributed by atoms with van der Waals surface area (Å²) in [4.78, 5) is 28.8. The SMILES string of the molecule is CC(C)CC(=O)NCCCc1cccc(N2CC3CN(C(=O)c4c(F)cccc4Cl)CC3C2)c1. The van der Waals surface area contributed by atoms with Crippen LogP contribution in [0.4, 0.5) is 10.1 Å². The van der Waals surface area contributed by atoms with Crippen molar-refractivity contribution in [2.45, 2.75) is 33.1 Å². The third-order valence-corrected chi connectivity index (χ3v) is 7.10. The number of anilines is 1. The minimum atomic E-state index is -0.563. The molecule has 2 unspecified atom stereocenters. The van der Waals surface area contributed by atoms with Crippen molar-refractivity contribution in [3.63, 3.8) is 0 Å². The van der Waals surface area contributed by atoms with Crippen LogP contribution in [0.3, 0.4) is 0 Å². The molecule has 2 aromatic carbocycles. The number of amides is 2. The van der Waals surface area contributed by atoms with Crippen LogP contribution < -0.4 is 10.2 Å². The molecule has 0 spiro atoms. The lowest BCUT2D eigenvalue weighted by atomic mass is 10.0. The molecule has 7 heteroatoms. The molecule has 0 radical (unpaired) electrons. The van der Waals surface area contributed by atoms with Gasteiger partial charge in [0.25, 0.3) is 5.91 Å². The Morgan fingerprint density at radius 1 is 1.09 bits per heavy atom. The summed E-state index contributed by atoms with van der Waals surface area (Å²) in [6.07, 6.45) is 2.40. The highest BCUT2D eigenvalue weighted by Crippen LogP contribution is 2.35. The number of carbonyl (C=O) groups is 2. The summed E-state index contributed by atoms with van der Waals surface area (Å²) in [7, 11) is 0. The van der Waals surface area contributed by atoms with E-state index in [1.807, 2.05) is 13.8 Å². The second-order valence-corrected chi connectivity index (χ2v) is 10.4. The highest BCUT2D eigenvalue weighted by atomic mass is 35.5. The average molecular weight is 486 g/mol. The minimum absolute atomic E-state index is 0.0194. The van der Waals surface area contributed by atoms with Crippen LogP contribution in [0, 0.1) is 23.6 Å². The van der Waals surface area contributed by atoms with Crippen LogP contribution in [0.1, 0.15) is 42.6 Å². The lowest BCUT2D eigenvalue weighted by Gasteiger charge is -2.24. The number of likely N-dealkylation sites (tertiary alicyclic amines) is 1. The molecule has 1 N–H and O–H groups in total. The third-order valence-electron chi connectivity index (χ3n) is 6.78. The predicted octanol–water partition coefficient (Wildman–Crippen LogP) is 4.78. The van der Waals surface area contributed by atoms with E-state index in [0.29, 0.717) is 43.8 Å². The first kappa shape index (κ1) is 24.5. The predicted molar refractivity (Wildman–Crippen MR) is 134 cm³/mol. The van der Waals surface area contributed by atoms with Gasteiger partial charge in [-0.1, -0.05) is 43.6 Å². The number of carbonyl (C=O) groups excluding carboxylic acids is 2. The van der Waals surface area contributed by atoms with Crippen molar-refractivity contribution in [2.24, 2.45) is 17.8 Å². The summed E-state index contributed by atoms with van der Waals surface area (Å²) in [6.45, 7) is 7.81. The van der Waals surface area contributed by atoms with Crippen LogP contribution in [0.5, 0.6) is 0 Å². The Hall–Kier alpha value is -2.60. The first-order valence-corrected chi connectivity index (χ1v) is 12.5. The Bertz CT molecular complexity index is 1010. The molecule has 2 amide bonds. The van der Waals surface area contributed by atoms with Gasteiger partial charge in [-0.2, -0.15) is 0 Å². The summed E-state index contributed by atoms with van der Waals surface area (Å²) in [6, 6.07) is 13.0. The number of benzene rings is 2. The molecule has 0 aliphatic carbocycles. The van der Waals surface area contributed by atoms with Crippen molar-refractivity contribution >= 4 is 29.1 Å². The Morgan fingerprint density at radius 3 is 2.47 bits per heavy atom. The maximum absolute atomic E-state index is 14.2. The molecular formula is C27H33ClFN3O2. The summed E-state index contributed by atoms with van der Waals surface area (Å²) >= 11 is 6.11. The van der Waals surface area contributed by atoms with E-state index in [1.165, 1.54) is 23.4 Å². The molecule has 5 nitrogen and oxygen atoms in total. The van der Waals surface area contributed by atoms with Crippen molar-refractivity contribution in [1.82, 2.24) is 10.2 Å². The summed E-state index contributed by atoms with van der Waals surface area (Å²) < 4.78 is 14.2. The monoisotopic (exact) mass is 485 g/mol. The van der Waals surface area contributed by atoms with Crippen molar-refractivity contribution in [3.8, 4) is 0 Å². The number of aryl methyl sites for hydroxylation is 1. The molecule has 34 heavy (non-hydrogen) atoms. The Kier molecular flexibility index (Phi) is 7.77. The molecule has 0 bridgehead atoms. The molecular weight excluding hydrogens is 453 g/mol. The van der Waals surface area contributed by atoms with E-state index in [1.54, 1.807) is 11.0 Å². The number of hydrogen-bond acceptors (Lipinski definition) is 3. The van der Waals surface area contributed by atoms with Gasteiger partial charge in [0, 0.05) is 56.7 Å². The normalized spacial score (nSPS) is 19.6. The van der Waals surface area contributed by atoms with E-state index >= 15 is 0 Å². The van der Waals surface area contributed by atoms with Crippen molar-refractivity contribution in [1.29, 1.82) is 0 Å². The fraction of sp³-hybridized carbons (Fsp3) is 0.481. The number of nitrogens with one attached hydrogen (secondary N) is 1. The van der Waals surface area contributed by atoms with Crippen LogP contribution in [0.2, 0.25) is 5.02 Å². The van der Waals surface area contributed by atoms with Crippen molar-refractivity contribution < 1.29 is 14.0 Å². The van der Waals surface area contributed by atoms with Crippen LogP contribution in [-0.4, -0.2) is 49.4 Å². The Morgan fingerprint density at radius 2 is 1.79 bits per heavy atom. The third kappa shape index (κ3) is 5.72. The maximum Gasteiger partial charge on any atom is 0.258 e. The summed E-state index contributed by atoms with van der Waals surface area (Å²) in [5.74, 6) is 0.360. The second kappa shape index (κ2) is 10.8. The fourth-order valence-electron chi connectivity index (χ4n) is 5.10. The highest BCUT2D eigenvalue weighted by molar-refractivity contribution is 6.33. The molecule has 2 saturated heterocycles. The topological polar surface area (TPSA) is 52.7 Å². The van der Waals surface area contributed by atoms with Gasteiger partial charge in [-0.25, -0.2) is 4.39 Å². The van der Waals surface area contributed by atoms with Gasteiger partial charge in [-0.05, 0) is 48.6 Å². The van der Waals surface area contributed by atoms with E-state index in [-0.39, 0.29) is 22.4 Å². The lowest BCUT2D eigenvalue weighted by molar-refractivity contribution is -0.121. The second-order valence-electron chi connectivity index (χ2n) is 9.95. The van der Waals surface area contributed by atoms with Crippen LogP contribution in [0.25, 0.3) is 0 Å². The average Bonchev–Trinajstić information content (AvgIpc) is 3.36. The van der Waals surface area contributed by atoms with Gasteiger partial charge in [0.2, 0.25) is 5.91 Å². The zero-order chi connectivity index (χ0) is 24.2. The number of halogens is 2. The van der Waals surface area contributed by atoms with E-state index in [2.05, 4.69) is 34.5 Å². The van der Waals surface area contributed by atoms with Gasteiger partial charge in [0.1, 0.15) is 5.82 Å². The van der Waals surface area contributed by atoms with Crippen molar-refractivity contribution in [2.75, 3.05) is 37.6 Å². The lowest BCUT2D eigenvalue weighted by Crippen LogP contribution is -2.34. The van der Waals surface area contributed by atoms with Gasteiger partial charge in [-0.3, -0.25) is 9.59 Å². The van der Waals surface area contributed by atoms with Gasteiger partial charge in [0.15, 0.2) is 0 Å². The molecule has 2 fully saturated rings. The van der Waals surface area contributed by atoms with Crippen LogP contribution >= 0.6 is 11.6 Å². The summed E-state index contributed by atoms with van der Waals surface area (Å²) in [5.41, 5.74) is 2.44. The van der Waals surface area contributed by atoms with Gasteiger partial charge >= 0.3 is 0 Å².